The number of rotatable bonds is 10. The fraction of sp³-hybridized carbons (Fsp3) is 0.333. The summed E-state index contributed by atoms with van der Waals surface area (Å²) in [6.45, 7) is 4.41. The standard InChI is InChI=1S/C21H24Br2N2O4/c1-4-6-14-7-8-18(16(22)9-14)29-13-20(26)25-24-12-15-10-17(23)21(28-5-2)19(11-15)27-3/h7-12H,4-6,13H2,1-3H3,(H,25,26)/b24-12+. The van der Waals surface area contributed by atoms with Crippen molar-refractivity contribution in [2.45, 2.75) is 26.7 Å². The zero-order chi connectivity index (χ0) is 21.2. The van der Waals surface area contributed by atoms with Gasteiger partial charge in [-0.25, -0.2) is 5.43 Å². The lowest BCUT2D eigenvalue weighted by molar-refractivity contribution is -0.123. The topological polar surface area (TPSA) is 69.2 Å². The molecule has 29 heavy (non-hydrogen) atoms. The molecule has 0 saturated heterocycles. The molecule has 2 aromatic carbocycles. The summed E-state index contributed by atoms with van der Waals surface area (Å²) in [4.78, 5) is 12.0. The second-order valence-electron chi connectivity index (χ2n) is 6.06. The molecule has 8 heteroatoms. The molecule has 2 rings (SSSR count). The Kier molecular flexibility index (Phi) is 9.47. The van der Waals surface area contributed by atoms with Gasteiger partial charge in [0.25, 0.3) is 5.91 Å². The molecule has 0 aliphatic carbocycles. The summed E-state index contributed by atoms with van der Waals surface area (Å²) in [5, 5.41) is 3.97. The molecule has 0 atom stereocenters. The highest BCUT2D eigenvalue weighted by Crippen LogP contribution is 2.36. The van der Waals surface area contributed by atoms with Crippen molar-refractivity contribution in [3.05, 3.63) is 50.4 Å². The van der Waals surface area contributed by atoms with Gasteiger partial charge in [-0.15, -0.1) is 0 Å². The van der Waals surface area contributed by atoms with E-state index in [0.717, 1.165) is 27.4 Å². The van der Waals surface area contributed by atoms with E-state index in [-0.39, 0.29) is 12.5 Å². The molecule has 0 unspecified atom stereocenters. The lowest BCUT2D eigenvalue weighted by atomic mass is 10.1. The fourth-order valence-corrected chi connectivity index (χ4v) is 3.67. The summed E-state index contributed by atoms with van der Waals surface area (Å²) < 4.78 is 18.0. The molecule has 0 heterocycles. The lowest BCUT2D eigenvalue weighted by Crippen LogP contribution is -2.24. The third-order valence-electron chi connectivity index (χ3n) is 3.84. The van der Waals surface area contributed by atoms with E-state index in [2.05, 4.69) is 49.3 Å². The largest absolute Gasteiger partial charge is 0.493 e. The van der Waals surface area contributed by atoms with Crippen molar-refractivity contribution >= 4 is 44.0 Å². The van der Waals surface area contributed by atoms with Gasteiger partial charge < -0.3 is 14.2 Å². The molecule has 1 N–H and O–H groups in total. The number of hydrogen-bond donors (Lipinski definition) is 1. The van der Waals surface area contributed by atoms with E-state index in [1.807, 2.05) is 31.2 Å². The first-order chi connectivity index (χ1) is 14.0. The fourth-order valence-electron chi connectivity index (χ4n) is 2.56. The minimum Gasteiger partial charge on any atom is -0.493 e. The first-order valence-corrected chi connectivity index (χ1v) is 10.8. The van der Waals surface area contributed by atoms with E-state index >= 15 is 0 Å². The Morgan fingerprint density at radius 2 is 1.90 bits per heavy atom. The number of hydrazone groups is 1. The Morgan fingerprint density at radius 3 is 2.55 bits per heavy atom. The highest BCUT2D eigenvalue weighted by molar-refractivity contribution is 9.10. The number of amides is 1. The molecule has 0 fully saturated rings. The SMILES string of the molecule is CCCc1ccc(OCC(=O)N/N=C/c2cc(Br)c(OCC)c(OC)c2)c(Br)c1. The number of methoxy groups -OCH3 is 1. The van der Waals surface area contributed by atoms with Crippen molar-refractivity contribution in [3.8, 4) is 17.2 Å². The van der Waals surface area contributed by atoms with E-state index in [0.29, 0.717) is 23.9 Å². The smallest absolute Gasteiger partial charge is 0.277 e. The molecular formula is C21H24Br2N2O4. The lowest BCUT2D eigenvalue weighted by Gasteiger charge is -2.12. The molecule has 0 saturated carbocycles. The number of carbonyl (C=O) groups excluding carboxylic acids is 1. The number of halogens is 2. The van der Waals surface area contributed by atoms with Crippen LogP contribution < -0.4 is 19.6 Å². The van der Waals surface area contributed by atoms with Crippen molar-refractivity contribution in [3.63, 3.8) is 0 Å². The van der Waals surface area contributed by atoms with Gasteiger partial charge in [-0.2, -0.15) is 5.10 Å². The Morgan fingerprint density at radius 1 is 1.10 bits per heavy atom. The van der Waals surface area contributed by atoms with Crippen LogP contribution in [0.4, 0.5) is 0 Å². The third kappa shape index (κ3) is 7.04. The number of aryl methyl sites for hydroxylation is 1. The number of nitrogens with one attached hydrogen (secondary N) is 1. The van der Waals surface area contributed by atoms with Gasteiger partial charge in [-0.3, -0.25) is 4.79 Å². The van der Waals surface area contributed by atoms with Gasteiger partial charge in [0.1, 0.15) is 5.75 Å². The Hall–Kier alpha value is -2.06. The minimum absolute atomic E-state index is 0.140. The van der Waals surface area contributed by atoms with E-state index in [4.69, 9.17) is 14.2 Å². The van der Waals surface area contributed by atoms with Crippen LogP contribution in [0.3, 0.4) is 0 Å². The second kappa shape index (κ2) is 11.8. The van der Waals surface area contributed by atoms with Crippen molar-refractivity contribution in [2.24, 2.45) is 5.10 Å². The van der Waals surface area contributed by atoms with Crippen molar-refractivity contribution < 1.29 is 19.0 Å². The van der Waals surface area contributed by atoms with Gasteiger partial charge in [0.2, 0.25) is 0 Å². The molecular weight excluding hydrogens is 504 g/mol. The van der Waals surface area contributed by atoms with Crippen LogP contribution >= 0.6 is 31.9 Å². The van der Waals surface area contributed by atoms with E-state index in [1.54, 1.807) is 13.2 Å². The molecule has 0 aliphatic rings. The number of hydrogen-bond acceptors (Lipinski definition) is 5. The Bertz CT molecular complexity index is 872. The van der Waals surface area contributed by atoms with Gasteiger partial charge in [-0.05, 0) is 80.6 Å². The van der Waals surface area contributed by atoms with Gasteiger partial charge in [0, 0.05) is 0 Å². The summed E-state index contributed by atoms with van der Waals surface area (Å²) in [7, 11) is 1.57. The van der Waals surface area contributed by atoms with Crippen molar-refractivity contribution in [1.82, 2.24) is 5.43 Å². The maximum atomic E-state index is 12.0. The maximum Gasteiger partial charge on any atom is 0.277 e. The molecule has 6 nitrogen and oxygen atoms in total. The van der Waals surface area contributed by atoms with Gasteiger partial charge in [-0.1, -0.05) is 19.4 Å². The summed E-state index contributed by atoms with van der Waals surface area (Å²) in [6, 6.07) is 9.46. The van der Waals surface area contributed by atoms with E-state index in [1.165, 1.54) is 11.8 Å². The maximum absolute atomic E-state index is 12.0. The van der Waals surface area contributed by atoms with Gasteiger partial charge in [0.05, 0.1) is 28.9 Å². The normalized spacial score (nSPS) is 10.8. The molecule has 0 spiro atoms. The molecule has 0 aliphatic heterocycles. The van der Waals surface area contributed by atoms with E-state index < -0.39 is 0 Å². The van der Waals surface area contributed by atoms with Crippen LogP contribution in [0.1, 0.15) is 31.4 Å². The van der Waals surface area contributed by atoms with E-state index in [9.17, 15) is 4.79 Å². The van der Waals surface area contributed by atoms with Crippen LogP contribution in [-0.2, 0) is 11.2 Å². The highest BCUT2D eigenvalue weighted by Gasteiger charge is 2.11. The van der Waals surface area contributed by atoms with Crippen LogP contribution in [0.25, 0.3) is 0 Å². The second-order valence-corrected chi connectivity index (χ2v) is 7.77. The van der Waals surface area contributed by atoms with Crippen LogP contribution in [0.15, 0.2) is 44.4 Å². The number of benzene rings is 2. The molecule has 0 bridgehead atoms. The first-order valence-electron chi connectivity index (χ1n) is 9.21. The minimum atomic E-state index is -0.359. The molecule has 0 radical (unpaired) electrons. The zero-order valence-electron chi connectivity index (χ0n) is 16.6. The van der Waals surface area contributed by atoms with Crippen molar-refractivity contribution in [1.29, 1.82) is 0 Å². The quantitative estimate of drug-likeness (QED) is 0.344. The molecule has 0 aromatic heterocycles. The zero-order valence-corrected chi connectivity index (χ0v) is 19.8. The first kappa shape index (κ1) is 23.2. The predicted octanol–water partition coefficient (Wildman–Crippen LogP) is 5.10. The highest BCUT2D eigenvalue weighted by atomic mass is 79.9. The monoisotopic (exact) mass is 526 g/mol. The van der Waals surface area contributed by atoms with Crippen LogP contribution in [-0.4, -0.2) is 32.4 Å². The Labute approximate surface area is 187 Å². The number of carbonyl (C=O) groups is 1. The van der Waals surface area contributed by atoms with Gasteiger partial charge in [0.15, 0.2) is 18.1 Å². The summed E-state index contributed by atoms with van der Waals surface area (Å²) in [5.41, 5.74) is 4.42. The third-order valence-corrected chi connectivity index (χ3v) is 5.05. The number of ether oxygens (including phenoxy) is 3. The predicted molar refractivity (Wildman–Crippen MR) is 121 cm³/mol. The average molecular weight is 528 g/mol. The van der Waals surface area contributed by atoms with Crippen LogP contribution in [0.5, 0.6) is 17.2 Å². The summed E-state index contributed by atoms with van der Waals surface area (Å²) in [5.74, 6) is 1.46. The van der Waals surface area contributed by atoms with Gasteiger partial charge >= 0.3 is 0 Å². The van der Waals surface area contributed by atoms with Crippen molar-refractivity contribution in [2.75, 3.05) is 20.3 Å². The van der Waals surface area contributed by atoms with Crippen LogP contribution in [0, 0.1) is 0 Å². The number of nitrogens with zero attached hydrogens (tertiary/aromatic N) is 1. The summed E-state index contributed by atoms with van der Waals surface area (Å²) in [6.07, 6.45) is 3.60. The summed E-state index contributed by atoms with van der Waals surface area (Å²) >= 11 is 6.93. The molecule has 2 aromatic rings. The molecule has 156 valence electrons. The molecule has 1 amide bonds. The van der Waals surface area contributed by atoms with Crippen LogP contribution in [0.2, 0.25) is 0 Å². The Balaban J connectivity index is 1.92. The average Bonchev–Trinajstić information content (AvgIpc) is 2.69.